The molecule has 0 bridgehead atoms. The highest BCUT2D eigenvalue weighted by Crippen LogP contribution is 2.22. The molecule has 2 heterocycles. The van der Waals surface area contributed by atoms with Crippen LogP contribution in [0.15, 0.2) is 12.4 Å². The molecule has 0 spiro atoms. The summed E-state index contributed by atoms with van der Waals surface area (Å²) in [5.74, 6) is 1.52. The number of aromatic nitrogens is 2. The van der Waals surface area contributed by atoms with Crippen molar-refractivity contribution >= 4 is 21.5 Å². The molecule has 18 heavy (non-hydrogen) atoms. The second kappa shape index (κ2) is 5.09. The van der Waals surface area contributed by atoms with Crippen LogP contribution in [-0.4, -0.2) is 43.5 Å². The van der Waals surface area contributed by atoms with E-state index < -0.39 is 9.84 Å². The minimum Gasteiger partial charge on any atom is -0.382 e. The summed E-state index contributed by atoms with van der Waals surface area (Å²) in [6, 6.07) is 0. The Morgan fingerprint density at radius 2 is 2.28 bits per heavy atom. The van der Waals surface area contributed by atoms with Crippen molar-refractivity contribution in [1.82, 2.24) is 9.97 Å². The fraction of sp³-hybridized carbons (Fsp3) is 0.636. The van der Waals surface area contributed by atoms with Crippen LogP contribution in [0.1, 0.15) is 12.8 Å². The fourth-order valence-corrected chi connectivity index (χ4v) is 3.49. The predicted molar refractivity (Wildman–Crippen MR) is 71.1 cm³/mol. The molecule has 1 aromatic rings. The average molecular weight is 270 g/mol. The van der Waals surface area contributed by atoms with E-state index in [9.17, 15) is 8.42 Å². The van der Waals surface area contributed by atoms with E-state index in [0.717, 1.165) is 25.2 Å². The summed E-state index contributed by atoms with van der Waals surface area (Å²) in [7, 11) is -2.92. The molecular weight excluding hydrogens is 252 g/mol. The van der Waals surface area contributed by atoms with Crippen LogP contribution in [-0.2, 0) is 9.84 Å². The van der Waals surface area contributed by atoms with E-state index >= 15 is 0 Å². The summed E-state index contributed by atoms with van der Waals surface area (Å²) < 4.78 is 22.7. The maximum absolute atomic E-state index is 11.3. The molecule has 2 rings (SSSR count). The minimum absolute atomic E-state index is 0.164. The van der Waals surface area contributed by atoms with Crippen LogP contribution in [0, 0.1) is 5.92 Å². The fourth-order valence-electron chi connectivity index (χ4n) is 2.36. The molecule has 0 radical (unpaired) electrons. The van der Waals surface area contributed by atoms with E-state index in [1.165, 1.54) is 12.5 Å². The summed E-state index contributed by atoms with van der Waals surface area (Å²) in [6.45, 7) is 1.57. The number of nitrogen functional groups attached to an aromatic ring is 1. The molecule has 0 aliphatic carbocycles. The van der Waals surface area contributed by atoms with E-state index in [1.54, 1.807) is 6.20 Å². The third-order valence-corrected chi connectivity index (χ3v) is 4.10. The third kappa shape index (κ3) is 3.56. The first-order valence-electron chi connectivity index (χ1n) is 5.94. The lowest BCUT2D eigenvalue weighted by molar-refractivity contribution is 0.442. The van der Waals surface area contributed by atoms with Crippen molar-refractivity contribution in [1.29, 1.82) is 0 Å². The molecule has 1 aliphatic rings. The average Bonchev–Trinajstić information content (AvgIpc) is 2.27. The van der Waals surface area contributed by atoms with Crippen LogP contribution in [0.5, 0.6) is 0 Å². The number of piperidine rings is 1. The lowest BCUT2D eigenvalue weighted by atomic mass is 10.0. The highest BCUT2D eigenvalue weighted by atomic mass is 32.2. The molecule has 0 saturated carbocycles. The Labute approximate surface area is 107 Å². The van der Waals surface area contributed by atoms with Crippen LogP contribution in [0.4, 0.5) is 11.6 Å². The third-order valence-electron chi connectivity index (χ3n) is 3.02. The summed E-state index contributed by atoms with van der Waals surface area (Å²) >= 11 is 0. The van der Waals surface area contributed by atoms with Crippen molar-refractivity contribution in [3.63, 3.8) is 0 Å². The monoisotopic (exact) mass is 270 g/mol. The van der Waals surface area contributed by atoms with Crippen LogP contribution in [0.25, 0.3) is 0 Å². The van der Waals surface area contributed by atoms with Crippen molar-refractivity contribution in [3.8, 4) is 0 Å². The van der Waals surface area contributed by atoms with Gasteiger partial charge in [-0.1, -0.05) is 0 Å². The molecule has 1 atom stereocenters. The van der Waals surface area contributed by atoms with E-state index in [2.05, 4.69) is 14.9 Å². The van der Waals surface area contributed by atoms with E-state index in [-0.39, 0.29) is 11.7 Å². The molecule has 6 nitrogen and oxygen atoms in total. The summed E-state index contributed by atoms with van der Waals surface area (Å²) in [5, 5.41) is 0. The quantitative estimate of drug-likeness (QED) is 0.851. The van der Waals surface area contributed by atoms with Gasteiger partial charge in [0, 0.05) is 19.3 Å². The Hall–Kier alpha value is -1.37. The van der Waals surface area contributed by atoms with Crippen molar-refractivity contribution in [2.45, 2.75) is 12.8 Å². The molecule has 100 valence electrons. The van der Waals surface area contributed by atoms with Gasteiger partial charge in [-0.2, -0.15) is 0 Å². The van der Waals surface area contributed by atoms with Gasteiger partial charge in [0.15, 0.2) is 0 Å². The highest BCUT2D eigenvalue weighted by Gasteiger charge is 2.24. The lowest BCUT2D eigenvalue weighted by Crippen LogP contribution is -2.38. The Bertz CT molecular complexity index is 518. The van der Waals surface area contributed by atoms with Crippen LogP contribution in [0.3, 0.4) is 0 Å². The Balaban J connectivity index is 2.07. The second-order valence-corrected chi connectivity index (χ2v) is 7.03. The maximum Gasteiger partial charge on any atom is 0.149 e. The number of nitrogens with zero attached hydrogens (tertiary/aromatic N) is 3. The molecule has 1 unspecified atom stereocenters. The van der Waals surface area contributed by atoms with Crippen molar-refractivity contribution < 1.29 is 8.42 Å². The zero-order valence-corrected chi connectivity index (χ0v) is 11.2. The molecule has 1 fully saturated rings. The van der Waals surface area contributed by atoms with Gasteiger partial charge in [-0.3, -0.25) is 4.98 Å². The molecule has 7 heteroatoms. The van der Waals surface area contributed by atoms with Crippen LogP contribution >= 0.6 is 0 Å². The van der Waals surface area contributed by atoms with Gasteiger partial charge in [0.2, 0.25) is 0 Å². The van der Waals surface area contributed by atoms with Gasteiger partial charge in [0.1, 0.15) is 21.5 Å². The van der Waals surface area contributed by atoms with Gasteiger partial charge in [-0.05, 0) is 18.8 Å². The van der Waals surface area contributed by atoms with E-state index in [1.807, 2.05) is 0 Å². The summed E-state index contributed by atoms with van der Waals surface area (Å²) in [5.41, 5.74) is 5.61. The van der Waals surface area contributed by atoms with E-state index in [4.69, 9.17) is 5.73 Å². The molecule has 0 aromatic carbocycles. The zero-order valence-electron chi connectivity index (χ0n) is 10.4. The highest BCUT2D eigenvalue weighted by molar-refractivity contribution is 7.90. The maximum atomic E-state index is 11.3. The standard InChI is InChI=1S/C11H18N4O2S/c1-18(16,17)8-9-3-2-4-15(7-9)11-6-13-5-10(12)14-11/h5-6,9H,2-4,7-8H2,1H3,(H2,12,14). The summed E-state index contributed by atoms with van der Waals surface area (Å²) in [6.07, 6.45) is 6.36. The molecular formula is C11H18N4O2S. The number of rotatable bonds is 3. The topological polar surface area (TPSA) is 89.2 Å². The molecule has 1 aromatic heterocycles. The first kappa shape index (κ1) is 13.1. The molecule has 2 N–H and O–H groups in total. The van der Waals surface area contributed by atoms with E-state index in [0.29, 0.717) is 12.4 Å². The van der Waals surface area contributed by atoms with Gasteiger partial charge in [-0.15, -0.1) is 0 Å². The number of hydrogen-bond donors (Lipinski definition) is 1. The minimum atomic E-state index is -2.92. The van der Waals surface area contributed by atoms with Gasteiger partial charge in [0.05, 0.1) is 18.1 Å². The van der Waals surface area contributed by atoms with Crippen molar-refractivity contribution in [2.24, 2.45) is 5.92 Å². The smallest absolute Gasteiger partial charge is 0.149 e. The predicted octanol–water partition coefficient (Wildman–Crippen LogP) is 0.320. The largest absolute Gasteiger partial charge is 0.382 e. The second-order valence-electron chi connectivity index (χ2n) is 4.85. The number of hydrogen-bond acceptors (Lipinski definition) is 6. The normalized spacial score (nSPS) is 20.9. The van der Waals surface area contributed by atoms with Gasteiger partial charge >= 0.3 is 0 Å². The Kier molecular flexibility index (Phi) is 3.70. The summed E-state index contributed by atoms with van der Waals surface area (Å²) in [4.78, 5) is 10.3. The van der Waals surface area contributed by atoms with Crippen molar-refractivity contribution in [3.05, 3.63) is 12.4 Å². The van der Waals surface area contributed by atoms with Crippen LogP contribution in [0.2, 0.25) is 0 Å². The van der Waals surface area contributed by atoms with Gasteiger partial charge in [-0.25, -0.2) is 13.4 Å². The lowest BCUT2D eigenvalue weighted by Gasteiger charge is -2.33. The first-order valence-corrected chi connectivity index (χ1v) is 8.00. The molecule has 1 saturated heterocycles. The zero-order chi connectivity index (χ0) is 13.2. The number of anilines is 2. The Morgan fingerprint density at radius 3 is 2.94 bits per heavy atom. The molecule has 0 amide bonds. The molecule has 1 aliphatic heterocycles. The Morgan fingerprint density at radius 1 is 1.50 bits per heavy atom. The van der Waals surface area contributed by atoms with Gasteiger partial charge < -0.3 is 10.6 Å². The SMILES string of the molecule is CS(=O)(=O)CC1CCCN(c2cncc(N)n2)C1. The first-order chi connectivity index (χ1) is 8.44. The van der Waals surface area contributed by atoms with Crippen molar-refractivity contribution in [2.75, 3.05) is 35.7 Å². The van der Waals surface area contributed by atoms with Crippen LogP contribution < -0.4 is 10.6 Å². The number of nitrogens with two attached hydrogens (primary N) is 1. The number of sulfone groups is 1. The van der Waals surface area contributed by atoms with Gasteiger partial charge in [0.25, 0.3) is 0 Å².